The quantitative estimate of drug-likeness (QED) is 0.381. The summed E-state index contributed by atoms with van der Waals surface area (Å²) in [6.45, 7) is 10.6. The summed E-state index contributed by atoms with van der Waals surface area (Å²) in [7, 11) is 0. The largest absolute Gasteiger partial charge is 0.377 e. The average Bonchev–Trinajstić information content (AvgIpc) is 2.25. The molecule has 0 saturated heterocycles. The van der Waals surface area contributed by atoms with Crippen LogP contribution >= 0.6 is 0 Å². The summed E-state index contributed by atoms with van der Waals surface area (Å²) >= 11 is 0. The number of hydrogen-bond donors (Lipinski definition) is 0. The minimum Gasteiger partial charge on any atom is -0.377 e. The molecule has 0 N–H and O–H groups in total. The zero-order valence-electron chi connectivity index (χ0n) is 10.5. The van der Waals surface area contributed by atoms with Gasteiger partial charge in [0.05, 0.1) is 0 Å². The molecule has 0 aliphatic heterocycles. The van der Waals surface area contributed by atoms with Crippen LogP contribution < -0.4 is 0 Å². The monoisotopic (exact) mass is 209 g/mol. The molecule has 0 unspecified atom stereocenters. The molecule has 0 amide bonds. The molecule has 0 aromatic carbocycles. The predicted octanol–water partition coefficient (Wildman–Crippen LogP) is 4.37. The fourth-order valence-electron chi connectivity index (χ4n) is 1.57. The summed E-state index contributed by atoms with van der Waals surface area (Å²) in [6, 6.07) is 0. The van der Waals surface area contributed by atoms with Crippen LogP contribution in [-0.4, -0.2) is 18.0 Å². The van der Waals surface area contributed by atoms with E-state index in [1.807, 2.05) is 12.2 Å². The lowest BCUT2D eigenvalue weighted by molar-refractivity contribution is 0.354. The third kappa shape index (κ3) is 9.58. The third-order valence-electron chi connectivity index (χ3n) is 2.53. The van der Waals surface area contributed by atoms with Crippen LogP contribution in [0.25, 0.3) is 0 Å². The van der Waals surface area contributed by atoms with Gasteiger partial charge in [-0.05, 0) is 25.1 Å². The Bertz CT molecular complexity index is 151. The standard InChI is InChI=1S/C14H27N/c1-4-7-10-13-15(12-9-6-3)14-11-8-5-2/h6,9,12H,3-5,7-8,10-11,13-14H2,1-2H3/b12-9+. The Kier molecular flexibility index (Phi) is 10.8. The van der Waals surface area contributed by atoms with E-state index in [4.69, 9.17) is 0 Å². The predicted molar refractivity (Wildman–Crippen MR) is 70.0 cm³/mol. The number of hydrogen-bond acceptors (Lipinski definition) is 1. The molecule has 0 aliphatic carbocycles. The normalized spacial score (nSPS) is 10.8. The van der Waals surface area contributed by atoms with Gasteiger partial charge in [-0.1, -0.05) is 52.2 Å². The van der Waals surface area contributed by atoms with E-state index in [2.05, 4.69) is 31.5 Å². The second kappa shape index (κ2) is 11.4. The van der Waals surface area contributed by atoms with Crippen molar-refractivity contribution < 1.29 is 0 Å². The van der Waals surface area contributed by atoms with Crippen molar-refractivity contribution in [1.82, 2.24) is 4.90 Å². The third-order valence-corrected chi connectivity index (χ3v) is 2.53. The molecule has 88 valence electrons. The lowest BCUT2D eigenvalue weighted by Crippen LogP contribution is -2.19. The second-order valence-corrected chi connectivity index (χ2v) is 4.03. The Morgan fingerprint density at radius 1 is 0.933 bits per heavy atom. The lowest BCUT2D eigenvalue weighted by atomic mass is 10.2. The van der Waals surface area contributed by atoms with Crippen LogP contribution in [0.3, 0.4) is 0 Å². The second-order valence-electron chi connectivity index (χ2n) is 4.03. The van der Waals surface area contributed by atoms with Crippen molar-refractivity contribution in [2.45, 2.75) is 52.4 Å². The summed E-state index contributed by atoms with van der Waals surface area (Å²) in [5, 5.41) is 0. The van der Waals surface area contributed by atoms with Crippen molar-refractivity contribution in [3.05, 3.63) is 24.9 Å². The Morgan fingerprint density at radius 2 is 1.47 bits per heavy atom. The number of allylic oxidation sites excluding steroid dienone is 2. The first kappa shape index (κ1) is 14.3. The highest BCUT2D eigenvalue weighted by Crippen LogP contribution is 2.03. The van der Waals surface area contributed by atoms with Gasteiger partial charge in [0.25, 0.3) is 0 Å². The molecule has 15 heavy (non-hydrogen) atoms. The summed E-state index contributed by atoms with van der Waals surface area (Å²) in [6.07, 6.45) is 14.0. The fourth-order valence-corrected chi connectivity index (χ4v) is 1.57. The maximum absolute atomic E-state index is 3.71. The van der Waals surface area contributed by atoms with E-state index in [1.54, 1.807) is 0 Å². The molecule has 0 aromatic rings. The van der Waals surface area contributed by atoms with E-state index in [1.165, 1.54) is 51.6 Å². The molecule has 1 heteroatoms. The van der Waals surface area contributed by atoms with E-state index in [-0.39, 0.29) is 0 Å². The summed E-state index contributed by atoms with van der Waals surface area (Å²) in [5.41, 5.74) is 0. The highest BCUT2D eigenvalue weighted by molar-refractivity contribution is 4.96. The molecular formula is C14H27N. The summed E-state index contributed by atoms with van der Waals surface area (Å²) in [5.74, 6) is 0. The molecule has 0 spiro atoms. The van der Waals surface area contributed by atoms with Gasteiger partial charge in [0, 0.05) is 13.1 Å². The van der Waals surface area contributed by atoms with E-state index in [9.17, 15) is 0 Å². The highest BCUT2D eigenvalue weighted by atomic mass is 15.1. The van der Waals surface area contributed by atoms with Crippen molar-refractivity contribution >= 4 is 0 Å². The molecule has 0 fully saturated rings. The Morgan fingerprint density at radius 3 is 1.87 bits per heavy atom. The Hall–Kier alpha value is -0.720. The molecular weight excluding hydrogens is 182 g/mol. The van der Waals surface area contributed by atoms with Crippen LogP contribution in [0.4, 0.5) is 0 Å². The maximum atomic E-state index is 3.71. The minimum atomic E-state index is 1.20. The zero-order chi connectivity index (χ0) is 11.4. The highest BCUT2D eigenvalue weighted by Gasteiger charge is 1.97. The SMILES string of the molecule is C=C/C=C/N(CCCCC)CCCCC. The smallest absolute Gasteiger partial charge is 0.0172 e. The number of unbranched alkanes of at least 4 members (excludes halogenated alkanes) is 4. The van der Waals surface area contributed by atoms with Crippen molar-refractivity contribution in [3.8, 4) is 0 Å². The zero-order valence-corrected chi connectivity index (χ0v) is 10.5. The molecule has 0 aliphatic rings. The topological polar surface area (TPSA) is 3.24 Å². The first-order valence-corrected chi connectivity index (χ1v) is 6.38. The van der Waals surface area contributed by atoms with Crippen LogP contribution in [0, 0.1) is 0 Å². The van der Waals surface area contributed by atoms with Crippen LogP contribution in [0.5, 0.6) is 0 Å². The summed E-state index contributed by atoms with van der Waals surface area (Å²) in [4.78, 5) is 2.42. The molecule has 1 nitrogen and oxygen atoms in total. The molecule has 0 bridgehead atoms. The number of rotatable bonds is 10. The molecule has 0 atom stereocenters. The Balaban J connectivity index is 3.73. The van der Waals surface area contributed by atoms with Gasteiger partial charge in [0.2, 0.25) is 0 Å². The van der Waals surface area contributed by atoms with Crippen LogP contribution in [0.2, 0.25) is 0 Å². The number of nitrogens with zero attached hydrogens (tertiary/aromatic N) is 1. The van der Waals surface area contributed by atoms with E-state index < -0.39 is 0 Å². The Labute approximate surface area is 95.9 Å². The fraction of sp³-hybridized carbons (Fsp3) is 0.714. The van der Waals surface area contributed by atoms with E-state index >= 15 is 0 Å². The van der Waals surface area contributed by atoms with Gasteiger partial charge in [0.15, 0.2) is 0 Å². The minimum absolute atomic E-state index is 1.20. The molecule has 0 heterocycles. The van der Waals surface area contributed by atoms with Gasteiger partial charge in [-0.15, -0.1) is 0 Å². The molecule has 0 rings (SSSR count). The van der Waals surface area contributed by atoms with Gasteiger partial charge in [-0.25, -0.2) is 0 Å². The average molecular weight is 209 g/mol. The van der Waals surface area contributed by atoms with Crippen LogP contribution in [-0.2, 0) is 0 Å². The molecule has 0 saturated carbocycles. The molecule has 0 aromatic heterocycles. The van der Waals surface area contributed by atoms with Gasteiger partial charge in [-0.3, -0.25) is 0 Å². The molecule has 0 radical (unpaired) electrons. The van der Waals surface area contributed by atoms with E-state index in [0.717, 1.165) is 0 Å². The van der Waals surface area contributed by atoms with Crippen molar-refractivity contribution in [1.29, 1.82) is 0 Å². The van der Waals surface area contributed by atoms with Crippen molar-refractivity contribution in [2.75, 3.05) is 13.1 Å². The van der Waals surface area contributed by atoms with Gasteiger partial charge in [-0.2, -0.15) is 0 Å². The summed E-state index contributed by atoms with van der Waals surface area (Å²) < 4.78 is 0. The van der Waals surface area contributed by atoms with Gasteiger partial charge in [0.1, 0.15) is 0 Å². The van der Waals surface area contributed by atoms with E-state index in [0.29, 0.717) is 0 Å². The van der Waals surface area contributed by atoms with Gasteiger partial charge >= 0.3 is 0 Å². The van der Waals surface area contributed by atoms with Crippen LogP contribution in [0.15, 0.2) is 24.9 Å². The first-order valence-electron chi connectivity index (χ1n) is 6.38. The first-order chi connectivity index (χ1) is 7.35. The van der Waals surface area contributed by atoms with Crippen molar-refractivity contribution in [2.24, 2.45) is 0 Å². The van der Waals surface area contributed by atoms with Crippen LogP contribution in [0.1, 0.15) is 52.4 Å². The van der Waals surface area contributed by atoms with Gasteiger partial charge < -0.3 is 4.90 Å². The maximum Gasteiger partial charge on any atom is 0.0172 e. The van der Waals surface area contributed by atoms with Crippen molar-refractivity contribution in [3.63, 3.8) is 0 Å². The lowest BCUT2D eigenvalue weighted by Gasteiger charge is -2.19.